The molecule has 0 spiro atoms. The Labute approximate surface area is 119 Å². The van der Waals surface area contributed by atoms with Crippen LogP contribution in [0.15, 0.2) is 24.3 Å². The molecule has 0 saturated carbocycles. The van der Waals surface area contributed by atoms with E-state index in [9.17, 15) is 9.59 Å². The lowest BCUT2D eigenvalue weighted by Gasteiger charge is -2.29. The Kier molecular flexibility index (Phi) is 4.42. The van der Waals surface area contributed by atoms with Crippen molar-refractivity contribution in [1.29, 1.82) is 0 Å². The minimum atomic E-state index is -1.00. The van der Waals surface area contributed by atoms with Crippen LogP contribution in [0.1, 0.15) is 53.8 Å². The van der Waals surface area contributed by atoms with Crippen molar-refractivity contribution < 1.29 is 14.7 Å². The Morgan fingerprint density at radius 3 is 2.60 bits per heavy atom. The third kappa shape index (κ3) is 3.18. The zero-order chi connectivity index (χ0) is 14.7. The minimum Gasteiger partial charge on any atom is -0.478 e. The number of carboxylic acids is 1. The van der Waals surface area contributed by atoms with Crippen molar-refractivity contribution in [2.24, 2.45) is 5.92 Å². The van der Waals surface area contributed by atoms with Gasteiger partial charge in [0, 0.05) is 18.2 Å². The molecule has 1 N–H and O–H groups in total. The van der Waals surface area contributed by atoms with Crippen molar-refractivity contribution in [3.05, 3.63) is 35.4 Å². The summed E-state index contributed by atoms with van der Waals surface area (Å²) >= 11 is 0. The Morgan fingerprint density at radius 1 is 1.20 bits per heavy atom. The zero-order valence-electron chi connectivity index (χ0n) is 12.0. The molecule has 4 nitrogen and oxygen atoms in total. The minimum absolute atomic E-state index is 0.0608. The molecule has 0 bridgehead atoms. The lowest BCUT2D eigenvalue weighted by molar-refractivity contribution is 0.0677. The van der Waals surface area contributed by atoms with E-state index in [1.807, 2.05) is 4.90 Å². The van der Waals surface area contributed by atoms with Crippen molar-refractivity contribution in [2.45, 2.75) is 39.2 Å². The van der Waals surface area contributed by atoms with Crippen LogP contribution in [0.3, 0.4) is 0 Å². The fourth-order valence-corrected chi connectivity index (χ4v) is 2.76. The summed E-state index contributed by atoms with van der Waals surface area (Å²) in [5, 5.41) is 9.02. The highest BCUT2D eigenvalue weighted by Crippen LogP contribution is 2.22. The summed E-state index contributed by atoms with van der Waals surface area (Å²) in [5.41, 5.74) is 0.622. The van der Waals surface area contributed by atoms with Gasteiger partial charge >= 0.3 is 5.97 Å². The summed E-state index contributed by atoms with van der Waals surface area (Å²) in [5.74, 6) is -0.571. The van der Waals surface area contributed by atoms with Crippen LogP contribution in [0.5, 0.6) is 0 Å². The molecule has 1 aromatic carbocycles. The average molecular weight is 275 g/mol. The van der Waals surface area contributed by atoms with Crippen molar-refractivity contribution in [3.8, 4) is 0 Å². The first-order valence-corrected chi connectivity index (χ1v) is 7.13. The summed E-state index contributed by atoms with van der Waals surface area (Å²) in [4.78, 5) is 25.5. The van der Waals surface area contributed by atoms with Crippen LogP contribution in [-0.2, 0) is 0 Å². The summed E-state index contributed by atoms with van der Waals surface area (Å²) < 4.78 is 0. The maximum Gasteiger partial charge on any atom is 0.335 e. The van der Waals surface area contributed by atoms with E-state index in [0.29, 0.717) is 11.5 Å². The monoisotopic (exact) mass is 275 g/mol. The van der Waals surface area contributed by atoms with Crippen LogP contribution in [0, 0.1) is 5.92 Å². The molecule has 1 fully saturated rings. The van der Waals surface area contributed by atoms with Crippen LogP contribution >= 0.6 is 0 Å². The fraction of sp³-hybridized carbons (Fsp3) is 0.500. The molecule has 1 saturated heterocycles. The summed E-state index contributed by atoms with van der Waals surface area (Å²) in [6, 6.07) is 6.50. The maximum absolute atomic E-state index is 12.6. The first-order chi connectivity index (χ1) is 9.49. The van der Waals surface area contributed by atoms with E-state index < -0.39 is 5.97 Å². The third-order valence-electron chi connectivity index (χ3n) is 3.98. The van der Waals surface area contributed by atoms with Gasteiger partial charge in [0.2, 0.25) is 0 Å². The molecule has 1 aliphatic rings. The number of amides is 1. The quantitative estimate of drug-likeness (QED) is 0.902. The molecule has 1 amide bonds. The molecule has 0 aliphatic carbocycles. The number of hydrogen-bond acceptors (Lipinski definition) is 2. The van der Waals surface area contributed by atoms with E-state index >= 15 is 0 Å². The van der Waals surface area contributed by atoms with Crippen molar-refractivity contribution in [3.63, 3.8) is 0 Å². The number of rotatable bonds is 2. The normalized spacial score (nSPS) is 23.2. The van der Waals surface area contributed by atoms with Crippen molar-refractivity contribution >= 4 is 11.9 Å². The van der Waals surface area contributed by atoms with Gasteiger partial charge in [-0.1, -0.05) is 19.4 Å². The van der Waals surface area contributed by atoms with Gasteiger partial charge in [0.05, 0.1) is 5.56 Å². The number of benzene rings is 1. The van der Waals surface area contributed by atoms with Crippen LogP contribution < -0.4 is 0 Å². The van der Waals surface area contributed by atoms with Crippen molar-refractivity contribution in [2.75, 3.05) is 6.54 Å². The van der Waals surface area contributed by atoms with Crippen LogP contribution in [-0.4, -0.2) is 34.5 Å². The number of nitrogens with zero attached hydrogens (tertiary/aromatic N) is 1. The molecule has 1 aromatic rings. The molecule has 0 aromatic heterocycles. The predicted molar refractivity (Wildman–Crippen MR) is 76.9 cm³/mol. The average Bonchev–Trinajstić information content (AvgIpc) is 2.59. The summed E-state index contributed by atoms with van der Waals surface area (Å²) in [6.45, 7) is 4.97. The molecular weight excluding hydrogens is 254 g/mol. The molecular formula is C16H21NO3. The Balaban J connectivity index is 2.24. The third-order valence-corrected chi connectivity index (χ3v) is 3.98. The van der Waals surface area contributed by atoms with Gasteiger partial charge in [0.1, 0.15) is 0 Å². The molecule has 20 heavy (non-hydrogen) atoms. The second-order valence-electron chi connectivity index (χ2n) is 5.73. The van der Waals surface area contributed by atoms with Gasteiger partial charge in [-0.05, 0) is 43.9 Å². The highest BCUT2D eigenvalue weighted by Gasteiger charge is 2.26. The van der Waals surface area contributed by atoms with E-state index in [0.717, 1.165) is 25.8 Å². The van der Waals surface area contributed by atoms with Gasteiger partial charge in [-0.15, -0.1) is 0 Å². The molecule has 108 valence electrons. The number of hydrogen-bond donors (Lipinski definition) is 1. The van der Waals surface area contributed by atoms with Gasteiger partial charge in [0.25, 0.3) is 5.91 Å². The summed E-state index contributed by atoms with van der Waals surface area (Å²) in [6.07, 6.45) is 3.29. The van der Waals surface area contributed by atoms with E-state index in [4.69, 9.17) is 5.11 Å². The maximum atomic E-state index is 12.6. The number of aromatic carboxylic acids is 1. The van der Waals surface area contributed by atoms with Crippen LogP contribution in [0.4, 0.5) is 0 Å². The second kappa shape index (κ2) is 6.07. The van der Waals surface area contributed by atoms with Gasteiger partial charge in [-0.2, -0.15) is 0 Å². The molecule has 2 unspecified atom stereocenters. The van der Waals surface area contributed by atoms with E-state index in [1.54, 1.807) is 12.1 Å². The van der Waals surface area contributed by atoms with Crippen LogP contribution in [0.25, 0.3) is 0 Å². The van der Waals surface area contributed by atoms with Crippen molar-refractivity contribution in [1.82, 2.24) is 4.90 Å². The summed E-state index contributed by atoms with van der Waals surface area (Å²) in [7, 11) is 0. The fourth-order valence-electron chi connectivity index (χ4n) is 2.76. The Bertz CT molecular complexity index is 512. The van der Waals surface area contributed by atoms with E-state index in [-0.39, 0.29) is 17.5 Å². The van der Waals surface area contributed by atoms with E-state index in [2.05, 4.69) is 13.8 Å². The first kappa shape index (κ1) is 14.6. The second-order valence-corrected chi connectivity index (χ2v) is 5.73. The topological polar surface area (TPSA) is 57.6 Å². The molecule has 4 heteroatoms. The number of carboxylic acid groups (broad SMARTS) is 1. The molecule has 2 atom stereocenters. The lowest BCUT2D eigenvalue weighted by atomic mass is 10.1. The first-order valence-electron chi connectivity index (χ1n) is 7.13. The number of carbonyl (C=O) groups is 2. The molecule has 1 heterocycles. The van der Waals surface area contributed by atoms with Gasteiger partial charge in [0.15, 0.2) is 0 Å². The Morgan fingerprint density at radius 2 is 1.90 bits per heavy atom. The number of likely N-dealkylation sites (tertiary alicyclic amines) is 1. The zero-order valence-corrected chi connectivity index (χ0v) is 12.0. The lowest BCUT2D eigenvalue weighted by Crippen LogP contribution is -2.39. The smallest absolute Gasteiger partial charge is 0.335 e. The largest absolute Gasteiger partial charge is 0.478 e. The predicted octanol–water partition coefficient (Wildman–Crippen LogP) is 3.04. The Hall–Kier alpha value is -1.84. The highest BCUT2D eigenvalue weighted by atomic mass is 16.4. The highest BCUT2D eigenvalue weighted by molar-refractivity contribution is 5.97. The standard InChI is InChI=1S/C16H21NO3/c1-11-5-3-6-12(2)17(10-11)15(18)13-7-4-8-14(9-13)16(19)20/h4,7-9,11-12H,3,5-6,10H2,1-2H3,(H,19,20). The number of carbonyl (C=O) groups excluding carboxylic acids is 1. The van der Waals surface area contributed by atoms with Gasteiger partial charge in [-0.25, -0.2) is 4.79 Å². The van der Waals surface area contributed by atoms with Gasteiger partial charge in [-0.3, -0.25) is 4.79 Å². The van der Waals surface area contributed by atoms with Crippen LogP contribution in [0.2, 0.25) is 0 Å². The van der Waals surface area contributed by atoms with Gasteiger partial charge < -0.3 is 10.0 Å². The molecule has 0 radical (unpaired) electrons. The molecule has 1 aliphatic heterocycles. The molecule has 2 rings (SSSR count). The van der Waals surface area contributed by atoms with E-state index in [1.165, 1.54) is 12.1 Å². The SMILES string of the molecule is CC1CCCC(C)N(C(=O)c2cccc(C(=O)O)c2)C1.